The van der Waals surface area contributed by atoms with Gasteiger partial charge in [0.25, 0.3) is 0 Å². The van der Waals surface area contributed by atoms with E-state index in [0.29, 0.717) is 5.75 Å². The molecule has 0 bridgehead atoms. The molecular weight excluding hydrogens is 308 g/mol. The lowest BCUT2D eigenvalue weighted by atomic mass is 10.1. The monoisotopic (exact) mass is 324 g/mol. The van der Waals surface area contributed by atoms with Gasteiger partial charge < -0.3 is 4.74 Å². The summed E-state index contributed by atoms with van der Waals surface area (Å²) in [5.41, 5.74) is 0. The van der Waals surface area contributed by atoms with Gasteiger partial charge in [-0.15, -0.1) is 0 Å². The Bertz CT molecular complexity index is 691. The van der Waals surface area contributed by atoms with Crippen LogP contribution in [0.5, 0.6) is 5.75 Å². The number of nitrogens with zero attached hydrogens (tertiary/aromatic N) is 2. The largest absolute Gasteiger partial charge is 0.497 e. The van der Waals surface area contributed by atoms with Crippen LogP contribution in [0, 0.1) is 0 Å². The predicted molar refractivity (Wildman–Crippen MR) is 76.6 cm³/mol. The summed E-state index contributed by atoms with van der Waals surface area (Å²) in [6.07, 6.45) is 0.446. The molecule has 2 fully saturated rings. The van der Waals surface area contributed by atoms with Crippen LogP contribution in [-0.2, 0) is 19.6 Å². The number of amides is 2. The summed E-state index contributed by atoms with van der Waals surface area (Å²) in [5, 5.41) is 0. The van der Waals surface area contributed by atoms with Crippen LogP contribution in [0.25, 0.3) is 0 Å². The Morgan fingerprint density at radius 1 is 1.05 bits per heavy atom. The zero-order chi connectivity index (χ0) is 15.9. The molecule has 8 heteroatoms. The highest BCUT2D eigenvalue weighted by atomic mass is 32.2. The van der Waals surface area contributed by atoms with Crippen molar-refractivity contribution in [1.29, 1.82) is 0 Å². The van der Waals surface area contributed by atoms with Gasteiger partial charge in [0, 0.05) is 25.9 Å². The Hall–Kier alpha value is -1.93. The van der Waals surface area contributed by atoms with Crippen LogP contribution in [0.3, 0.4) is 0 Å². The fourth-order valence-corrected chi connectivity index (χ4v) is 4.19. The summed E-state index contributed by atoms with van der Waals surface area (Å²) >= 11 is 0. The SMILES string of the molecule is COc1ccc(S(=O)(=O)N2CC(N3C(=O)CCC3=O)C2)cc1. The molecular formula is C14H16N2O5S. The first-order valence-electron chi connectivity index (χ1n) is 6.92. The van der Waals surface area contributed by atoms with Gasteiger partial charge in [0.1, 0.15) is 5.75 Å². The highest BCUT2D eigenvalue weighted by molar-refractivity contribution is 7.89. The number of hydrogen-bond donors (Lipinski definition) is 0. The standard InChI is InChI=1S/C14H16N2O5S/c1-21-11-2-4-12(5-3-11)22(19,20)15-8-10(9-15)16-13(17)6-7-14(16)18/h2-5,10H,6-9H2,1H3. The number of likely N-dealkylation sites (tertiary alicyclic amines) is 1. The smallest absolute Gasteiger partial charge is 0.243 e. The number of benzene rings is 1. The summed E-state index contributed by atoms with van der Waals surface area (Å²) < 4.78 is 31.1. The lowest BCUT2D eigenvalue weighted by Gasteiger charge is -2.41. The van der Waals surface area contributed by atoms with E-state index in [1.807, 2.05) is 0 Å². The zero-order valence-corrected chi connectivity index (χ0v) is 12.9. The van der Waals surface area contributed by atoms with Gasteiger partial charge in [-0.1, -0.05) is 0 Å². The van der Waals surface area contributed by atoms with Crippen LogP contribution in [0.2, 0.25) is 0 Å². The third-order valence-corrected chi connectivity index (χ3v) is 5.83. The normalized spacial score (nSPS) is 20.3. The lowest BCUT2D eigenvalue weighted by Crippen LogP contribution is -2.62. The van der Waals surface area contributed by atoms with E-state index < -0.39 is 10.0 Å². The summed E-state index contributed by atoms with van der Waals surface area (Å²) in [7, 11) is -2.09. The second kappa shape index (κ2) is 5.36. The first-order chi connectivity index (χ1) is 10.4. The van der Waals surface area contributed by atoms with Crippen molar-refractivity contribution < 1.29 is 22.7 Å². The minimum Gasteiger partial charge on any atom is -0.497 e. The average molecular weight is 324 g/mol. The molecule has 0 spiro atoms. The summed E-state index contributed by atoms with van der Waals surface area (Å²) in [5.74, 6) is 0.154. The molecule has 22 heavy (non-hydrogen) atoms. The molecule has 1 aromatic rings. The summed E-state index contributed by atoms with van der Waals surface area (Å²) in [6, 6.07) is 5.78. The Morgan fingerprint density at radius 2 is 1.59 bits per heavy atom. The van der Waals surface area contributed by atoms with Gasteiger partial charge in [0.2, 0.25) is 21.8 Å². The van der Waals surface area contributed by atoms with Crippen LogP contribution in [0.1, 0.15) is 12.8 Å². The van der Waals surface area contributed by atoms with Crippen molar-refractivity contribution in [2.75, 3.05) is 20.2 Å². The van der Waals surface area contributed by atoms with E-state index in [2.05, 4.69) is 0 Å². The number of carbonyl (C=O) groups excluding carboxylic acids is 2. The molecule has 0 aliphatic carbocycles. The van der Waals surface area contributed by atoms with E-state index >= 15 is 0 Å². The fraction of sp³-hybridized carbons (Fsp3) is 0.429. The Labute approximate surface area is 128 Å². The van der Waals surface area contributed by atoms with E-state index in [1.165, 1.54) is 28.4 Å². The highest BCUT2D eigenvalue weighted by Gasteiger charge is 2.45. The molecule has 0 unspecified atom stereocenters. The van der Waals surface area contributed by atoms with Gasteiger partial charge in [-0.25, -0.2) is 8.42 Å². The van der Waals surface area contributed by atoms with Crippen molar-refractivity contribution in [2.24, 2.45) is 0 Å². The van der Waals surface area contributed by atoms with Crippen molar-refractivity contribution in [3.63, 3.8) is 0 Å². The van der Waals surface area contributed by atoms with E-state index in [4.69, 9.17) is 4.74 Å². The number of sulfonamides is 1. The lowest BCUT2D eigenvalue weighted by molar-refractivity contribution is -0.143. The molecule has 0 radical (unpaired) electrons. The second-order valence-electron chi connectivity index (χ2n) is 5.31. The zero-order valence-electron chi connectivity index (χ0n) is 12.1. The van der Waals surface area contributed by atoms with Crippen molar-refractivity contribution in [2.45, 2.75) is 23.8 Å². The maximum absolute atomic E-state index is 12.4. The molecule has 0 atom stereocenters. The molecule has 2 saturated heterocycles. The Kier molecular flexibility index (Phi) is 3.65. The van der Waals surface area contributed by atoms with Crippen molar-refractivity contribution in [3.05, 3.63) is 24.3 Å². The summed E-state index contributed by atoms with van der Waals surface area (Å²) in [4.78, 5) is 24.7. The Balaban J connectivity index is 1.70. The average Bonchev–Trinajstić information content (AvgIpc) is 2.78. The van der Waals surface area contributed by atoms with Crippen molar-refractivity contribution >= 4 is 21.8 Å². The number of imide groups is 1. The molecule has 118 valence electrons. The number of rotatable bonds is 4. The van der Waals surface area contributed by atoms with Crippen LogP contribution in [0.4, 0.5) is 0 Å². The molecule has 2 aliphatic rings. The van der Waals surface area contributed by atoms with Crippen LogP contribution in [-0.4, -0.2) is 55.7 Å². The van der Waals surface area contributed by atoms with E-state index in [-0.39, 0.29) is 48.7 Å². The maximum Gasteiger partial charge on any atom is 0.243 e. The molecule has 2 amide bonds. The minimum atomic E-state index is -3.60. The van der Waals surface area contributed by atoms with Gasteiger partial charge in [-0.2, -0.15) is 4.31 Å². The van der Waals surface area contributed by atoms with E-state index in [0.717, 1.165) is 0 Å². The molecule has 0 saturated carbocycles. The van der Waals surface area contributed by atoms with E-state index in [9.17, 15) is 18.0 Å². The number of carbonyl (C=O) groups is 2. The van der Waals surface area contributed by atoms with Gasteiger partial charge >= 0.3 is 0 Å². The number of methoxy groups -OCH3 is 1. The molecule has 2 heterocycles. The van der Waals surface area contributed by atoms with Gasteiger partial charge in [-0.3, -0.25) is 14.5 Å². The number of ether oxygens (including phenoxy) is 1. The van der Waals surface area contributed by atoms with Gasteiger partial charge in [-0.05, 0) is 24.3 Å². The maximum atomic E-state index is 12.4. The van der Waals surface area contributed by atoms with Crippen LogP contribution >= 0.6 is 0 Å². The molecule has 0 aromatic heterocycles. The van der Waals surface area contributed by atoms with Crippen molar-refractivity contribution in [1.82, 2.24) is 9.21 Å². The number of hydrogen-bond acceptors (Lipinski definition) is 5. The molecule has 2 aliphatic heterocycles. The highest BCUT2D eigenvalue weighted by Crippen LogP contribution is 2.28. The Morgan fingerprint density at radius 3 is 2.09 bits per heavy atom. The van der Waals surface area contributed by atoms with E-state index in [1.54, 1.807) is 12.1 Å². The van der Waals surface area contributed by atoms with Crippen LogP contribution in [0.15, 0.2) is 29.2 Å². The topological polar surface area (TPSA) is 84.0 Å². The molecule has 7 nitrogen and oxygen atoms in total. The fourth-order valence-electron chi connectivity index (χ4n) is 2.67. The quantitative estimate of drug-likeness (QED) is 0.740. The first-order valence-corrected chi connectivity index (χ1v) is 8.36. The minimum absolute atomic E-state index is 0.159. The molecule has 0 N–H and O–H groups in total. The third kappa shape index (κ3) is 2.38. The van der Waals surface area contributed by atoms with Crippen LogP contribution < -0.4 is 4.74 Å². The van der Waals surface area contributed by atoms with Gasteiger partial charge in [0.15, 0.2) is 0 Å². The predicted octanol–water partition coefficient (Wildman–Crippen LogP) is 0.217. The molecule has 3 rings (SSSR count). The summed E-state index contributed by atoms with van der Waals surface area (Å²) in [6.45, 7) is 0.317. The van der Waals surface area contributed by atoms with Crippen molar-refractivity contribution in [3.8, 4) is 5.75 Å². The third-order valence-electron chi connectivity index (χ3n) is 3.98. The van der Waals surface area contributed by atoms with Gasteiger partial charge in [0.05, 0.1) is 18.0 Å². The first kappa shape index (κ1) is 15.0. The second-order valence-corrected chi connectivity index (χ2v) is 7.25. The molecule has 1 aromatic carbocycles.